The van der Waals surface area contributed by atoms with E-state index >= 15 is 0 Å². The summed E-state index contributed by atoms with van der Waals surface area (Å²) in [5.74, 6) is 0. The van der Waals surface area contributed by atoms with Gasteiger partial charge in [0.15, 0.2) is 8.32 Å². The van der Waals surface area contributed by atoms with Gasteiger partial charge in [-0.3, -0.25) is 0 Å². The molecule has 0 atom stereocenters. The molecule has 0 aromatic heterocycles. The van der Waals surface area contributed by atoms with Gasteiger partial charge in [0.1, 0.15) is 0 Å². The molecule has 0 aliphatic carbocycles. The van der Waals surface area contributed by atoms with E-state index in [9.17, 15) is 0 Å². The quantitative estimate of drug-likeness (QED) is 0.623. The van der Waals surface area contributed by atoms with Gasteiger partial charge >= 0.3 is 0 Å². The lowest BCUT2D eigenvalue weighted by Gasteiger charge is -2.36. The van der Waals surface area contributed by atoms with Crippen molar-refractivity contribution in [3.63, 3.8) is 0 Å². The van der Waals surface area contributed by atoms with E-state index < -0.39 is 16.4 Å². The minimum Gasteiger partial charge on any atom is -0.413 e. The molecule has 0 saturated heterocycles. The average Bonchev–Trinajstić information content (AvgIpc) is 2.08. The third kappa shape index (κ3) is 6.58. The first-order valence-electron chi connectivity index (χ1n) is 6.73. The van der Waals surface area contributed by atoms with Gasteiger partial charge in [-0.2, -0.15) is 0 Å². The molecule has 0 fully saturated rings. The van der Waals surface area contributed by atoms with Crippen LogP contribution in [0.15, 0.2) is 11.3 Å². The molecule has 0 aromatic carbocycles. The van der Waals surface area contributed by atoms with E-state index in [1.165, 1.54) is 5.57 Å². The lowest BCUT2D eigenvalue weighted by atomic mass is 10.2. The summed E-state index contributed by atoms with van der Waals surface area (Å²) in [4.78, 5) is 0. The first-order valence-corrected chi connectivity index (χ1v) is 13.2. The van der Waals surface area contributed by atoms with Crippen molar-refractivity contribution in [1.82, 2.24) is 0 Å². The molecule has 0 unspecified atom stereocenters. The van der Waals surface area contributed by atoms with Crippen molar-refractivity contribution in [3.05, 3.63) is 11.3 Å². The summed E-state index contributed by atoms with van der Waals surface area (Å²) in [7, 11) is -2.69. The third-order valence-electron chi connectivity index (χ3n) is 3.52. The molecule has 17 heavy (non-hydrogen) atoms. The number of rotatable bonds is 5. The molecule has 0 rings (SSSR count). The normalized spacial score (nSPS) is 15.2. The van der Waals surface area contributed by atoms with Crippen LogP contribution >= 0.6 is 0 Å². The second-order valence-corrected chi connectivity index (χ2v) is 17.4. The van der Waals surface area contributed by atoms with Gasteiger partial charge in [-0.15, -0.1) is 0 Å². The van der Waals surface area contributed by atoms with Crippen molar-refractivity contribution >= 4 is 16.4 Å². The largest absolute Gasteiger partial charge is 0.413 e. The van der Waals surface area contributed by atoms with Crippen molar-refractivity contribution in [2.24, 2.45) is 0 Å². The van der Waals surface area contributed by atoms with Crippen molar-refractivity contribution in [3.8, 4) is 0 Å². The summed E-state index contributed by atoms with van der Waals surface area (Å²) in [6.07, 6.45) is 1.12. The van der Waals surface area contributed by atoms with Gasteiger partial charge in [-0.05, 0) is 24.6 Å². The van der Waals surface area contributed by atoms with Crippen LogP contribution in [0.1, 0.15) is 34.1 Å². The zero-order valence-electron chi connectivity index (χ0n) is 13.4. The molecule has 0 aliphatic rings. The summed E-state index contributed by atoms with van der Waals surface area (Å²) in [5, 5.41) is 0.311. The third-order valence-corrected chi connectivity index (χ3v) is 9.27. The van der Waals surface area contributed by atoms with Crippen LogP contribution in [0.3, 0.4) is 0 Å². The Morgan fingerprint density at radius 3 is 1.82 bits per heavy atom. The Morgan fingerprint density at radius 1 is 1.06 bits per heavy atom. The Kier molecular flexibility index (Phi) is 5.90. The molecule has 0 N–H and O–H groups in total. The maximum Gasteiger partial charge on any atom is 0.192 e. The molecule has 0 spiro atoms. The highest BCUT2D eigenvalue weighted by molar-refractivity contribution is 6.81. The van der Waals surface area contributed by atoms with Crippen molar-refractivity contribution in [2.75, 3.05) is 6.61 Å². The summed E-state index contributed by atoms with van der Waals surface area (Å²) in [6.45, 7) is 21.8. The highest BCUT2D eigenvalue weighted by Gasteiger charge is 2.37. The van der Waals surface area contributed by atoms with E-state index in [1.54, 1.807) is 0 Å². The summed E-state index contributed by atoms with van der Waals surface area (Å²) >= 11 is 0. The molecular formula is C14H32OSi2. The predicted molar refractivity (Wildman–Crippen MR) is 84.9 cm³/mol. The van der Waals surface area contributed by atoms with Crippen molar-refractivity contribution in [2.45, 2.75) is 71.9 Å². The fourth-order valence-electron chi connectivity index (χ4n) is 1.35. The minimum absolute atomic E-state index is 0.311. The van der Waals surface area contributed by atoms with E-state index in [0.717, 1.165) is 13.0 Å². The molecule has 0 aliphatic heterocycles. The van der Waals surface area contributed by atoms with E-state index in [1.807, 2.05) is 0 Å². The second-order valence-electron chi connectivity index (χ2n) is 7.57. The molecule has 0 amide bonds. The Hall–Kier alpha value is 0.134. The molecule has 0 heterocycles. The Morgan fingerprint density at radius 2 is 1.53 bits per heavy atom. The topological polar surface area (TPSA) is 9.23 Å². The lowest BCUT2D eigenvalue weighted by Crippen LogP contribution is -2.41. The summed E-state index contributed by atoms with van der Waals surface area (Å²) in [5.41, 5.74) is 3.99. The highest BCUT2D eigenvalue weighted by atomic mass is 28.4. The molecule has 0 aromatic rings. The second kappa shape index (κ2) is 5.85. The van der Waals surface area contributed by atoms with Gasteiger partial charge in [0.2, 0.25) is 0 Å². The van der Waals surface area contributed by atoms with Gasteiger partial charge in [-0.1, -0.05) is 58.6 Å². The van der Waals surface area contributed by atoms with Crippen LogP contribution in [-0.4, -0.2) is 23.0 Å². The van der Waals surface area contributed by atoms with Crippen molar-refractivity contribution < 1.29 is 4.43 Å². The lowest BCUT2D eigenvalue weighted by molar-refractivity contribution is 0.316. The maximum atomic E-state index is 6.29. The van der Waals surface area contributed by atoms with Crippen LogP contribution in [0.25, 0.3) is 0 Å². The summed E-state index contributed by atoms with van der Waals surface area (Å²) in [6, 6.07) is 0. The first kappa shape index (κ1) is 17.1. The Balaban J connectivity index is 4.61. The van der Waals surface area contributed by atoms with Crippen LogP contribution in [0.4, 0.5) is 0 Å². The predicted octanol–water partition coefficient (Wildman–Crippen LogP) is 5.22. The van der Waals surface area contributed by atoms with E-state index in [0.29, 0.717) is 5.04 Å². The van der Waals surface area contributed by atoms with Gasteiger partial charge in [0, 0.05) is 0 Å². The zero-order chi connectivity index (χ0) is 13.9. The molecule has 3 heteroatoms. The zero-order valence-corrected chi connectivity index (χ0v) is 15.4. The van der Waals surface area contributed by atoms with Gasteiger partial charge < -0.3 is 4.43 Å². The van der Waals surface area contributed by atoms with Crippen LogP contribution in [-0.2, 0) is 4.43 Å². The molecule has 1 nitrogen and oxygen atoms in total. The molecule has 102 valence electrons. The molecule has 0 radical (unpaired) electrons. The smallest absolute Gasteiger partial charge is 0.192 e. The SMILES string of the molecule is CC/C(=C\[Si](C)(C)C)CO[Si](C)(C)C(C)(C)C. The van der Waals surface area contributed by atoms with Crippen LogP contribution in [0.5, 0.6) is 0 Å². The van der Waals surface area contributed by atoms with Gasteiger partial charge in [0.25, 0.3) is 0 Å². The number of hydrogen-bond donors (Lipinski definition) is 0. The fourth-order valence-corrected chi connectivity index (χ4v) is 3.84. The summed E-state index contributed by atoms with van der Waals surface area (Å²) < 4.78 is 6.29. The maximum absolute atomic E-state index is 6.29. The van der Waals surface area contributed by atoms with Crippen LogP contribution < -0.4 is 0 Å². The van der Waals surface area contributed by atoms with Crippen molar-refractivity contribution in [1.29, 1.82) is 0 Å². The molecule has 0 saturated carbocycles. The Bertz CT molecular complexity index is 267. The first-order chi connectivity index (χ1) is 7.39. The fraction of sp³-hybridized carbons (Fsp3) is 0.857. The average molecular weight is 273 g/mol. The highest BCUT2D eigenvalue weighted by Crippen LogP contribution is 2.36. The van der Waals surface area contributed by atoms with Crippen LogP contribution in [0.2, 0.25) is 37.8 Å². The van der Waals surface area contributed by atoms with Crippen LogP contribution in [0, 0.1) is 0 Å². The van der Waals surface area contributed by atoms with Gasteiger partial charge in [0.05, 0.1) is 14.7 Å². The molecule has 0 bridgehead atoms. The standard InChI is InChI=1S/C14H32OSi2/c1-10-13(12-16(5,6)7)11-15-17(8,9)14(2,3)4/h12H,10-11H2,1-9H3/b13-12+. The van der Waals surface area contributed by atoms with E-state index in [4.69, 9.17) is 4.43 Å². The Labute approximate surface area is 111 Å². The van der Waals surface area contributed by atoms with E-state index in [-0.39, 0.29) is 0 Å². The monoisotopic (exact) mass is 272 g/mol. The number of hydrogen-bond acceptors (Lipinski definition) is 1. The minimum atomic E-state index is -1.58. The van der Waals surface area contributed by atoms with Gasteiger partial charge in [-0.25, -0.2) is 0 Å². The molecular weight excluding hydrogens is 240 g/mol. The van der Waals surface area contributed by atoms with E-state index in [2.05, 4.69) is 66.1 Å².